The number of piperidine rings is 1. The van der Waals surface area contributed by atoms with E-state index in [1.165, 1.54) is 0 Å². The van der Waals surface area contributed by atoms with Gasteiger partial charge < -0.3 is 10.2 Å². The van der Waals surface area contributed by atoms with E-state index >= 15 is 0 Å². The smallest absolute Gasteiger partial charge is 0.141 e. The molecular weight excluding hydrogens is 164 g/mol. The molecule has 2 aliphatic rings. The lowest BCUT2D eigenvalue weighted by Gasteiger charge is -2.33. The van der Waals surface area contributed by atoms with Gasteiger partial charge in [0.15, 0.2) is 0 Å². The summed E-state index contributed by atoms with van der Waals surface area (Å²) in [4.78, 5) is 14.1. The molecule has 0 bridgehead atoms. The molecule has 0 saturated carbocycles. The maximum absolute atomic E-state index is 11.8. The molecule has 2 rings (SSSR count). The molecule has 0 atom stereocenters. The number of nitrogens with one attached hydrogen (secondary N) is 1. The highest BCUT2D eigenvalue weighted by Crippen LogP contribution is 2.21. The number of hydrogen-bond acceptors (Lipinski definition) is 3. The number of carbonyl (C=O) groups excluding carboxylic acids is 1. The molecule has 0 spiro atoms. The number of carbonyl (C=O) groups is 1. The molecule has 2 aliphatic heterocycles. The minimum atomic E-state index is 0.341. The molecular formula is C10H18N2O. The van der Waals surface area contributed by atoms with Crippen LogP contribution in [0.4, 0.5) is 0 Å². The van der Waals surface area contributed by atoms with E-state index in [2.05, 4.69) is 17.3 Å². The monoisotopic (exact) mass is 182 g/mol. The minimum Gasteiger partial charge on any atom is -0.315 e. The van der Waals surface area contributed by atoms with E-state index < -0.39 is 0 Å². The molecule has 2 saturated heterocycles. The third kappa shape index (κ3) is 1.92. The van der Waals surface area contributed by atoms with Crippen LogP contribution >= 0.6 is 0 Å². The summed E-state index contributed by atoms with van der Waals surface area (Å²) in [7, 11) is 2.13. The summed E-state index contributed by atoms with van der Waals surface area (Å²) >= 11 is 0. The van der Waals surface area contributed by atoms with Crippen molar-refractivity contribution >= 4 is 5.78 Å². The molecule has 1 N–H and O–H groups in total. The van der Waals surface area contributed by atoms with Gasteiger partial charge in [-0.15, -0.1) is 0 Å². The third-order valence-electron chi connectivity index (χ3n) is 3.30. The Hall–Kier alpha value is -0.410. The van der Waals surface area contributed by atoms with Gasteiger partial charge in [0.1, 0.15) is 5.78 Å². The second-order valence-electron chi connectivity index (χ2n) is 4.34. The SMILES string of the molecule is CN1CCC(C(=O)C2CNC2)CC1. The summed E-state index contributed by atoms with van der Waals surface area (Å²) < 4.78 is 0. The van der Waals surface area contributed by atoms with Crippen LogP contribution in [0, 0.1) is 11.8 Å². The first-order chi connectivity index (χ1) is 6.27. The van der Waals surface area contributed by atoms with Crippen molar-refractivity contribution in [2.45, 2.75) is 12.8 Å². The van der Waals surface area contributed by atoms with Gasteiger partial charge in [0, 0.05) is 24.9 Å². The van der Waals surface area contributed by atoms with Crippen LogP contribution in [0.3, 0.4) is 0 Å². The Morgan fingerprint density at radius 3 is 2.31 bits per heavy atom. The topological polar surface area (TPSA) is 32.3 Å². The number of nitrogens with zero attached hydrogens (tertiary/aromatic N) is 1. The van der Waals surface area contributed by atoms with E-state index in [1.807, 2.05) is 0 Å². The Balaban J connectivity index is 1.83. The van der Waals surface area contributed by atoms with Gasteiger partial charge in [-0.2, -0.15) is 0 Å². The van der Waals surface area contributed by atoms with E-state index in [4.69, 9.17) is 0 Å². The molecule has 2 fully saturated rings. The quantitative estimate of drug-likeness (QED) is 0.658. The highest BCUT2D eigenvalue weighted by atomic mass is 16.1. The number of hydrogen-bond donors (Lipinski definition) is 1. The zero-order chi connectivity index (χ0) is 9.26. The standard InChI is InChI=1S/C10H18N2O/c1-12-4-2-8(3-5-12)10(13)9-6-11-7-9/h8-9,11H,2-7H2,1H3. The van der Waals surface area contributed by atoms with Gasteiger partial charge in [0.05, 0.1) is 0 Å². The molecule has 13 heavy (non-hydrogen) atoms. The van der Waals surface area contributed by atoms with Crippen molar-refractivity contribution in [1.29, 1.82) is 0 Å². The van der Waals surface area contributed by atoms with E-state index in [9.17, 15) is 4.79 Å². The number of ketones is 1. The maximum Gasteiger partial charge on any atom is 0.141 e. The summed E-state index contributed by atoms with van der Waals surface area (Å²) in [5, 5.41) is 3.16. The fourth-order valence-electron chi connectivity index (χ4n) is 2.12. The summed E-state index contributed by atoms with van der Waals surface area (Å²) in [6.07, 6.45) is 2.15. The van der Waals surface area contributed by atoms with Gasteiger partial charge in [0.2, 0.25) is 0 Å². The predicted molar refractivity (Wildman–Crippen MR) is 51.6 cm³/mol. The highest BCUT2D eigenvalue weighted by Gasteiger charge is 2.32. The van der Waals surface area contributed by atoms with Crippen LogP contribution in [0.2, 0.25) is 0 Å². The van der Waals surface area contributed by atoms with E-state index in [0.717, 1.165) is 39.0 Å². The third-order valence-corrected chi connectivity index (χ3v) is 3.30. The first kappa shape index (κ1) is 9.16. The zero-order valence-electron chi connectivity index (χ0n) is 8.25. The summed E-state index contributed by atoms with van der Waals surface area (Å²) in [6.45, 7) is 4.03. The second kappa shape index (κ2) is 3.76. The Labute approximate surface area is 79.5 Å². The molecule has 0 aromatic carbocycles. The van der Waals surface area contributed by atoms with E-state index in [1.54, 1.807) is 0 Å². The predicted octanol–water partition coefficient (Wildman–Crippen LogP) is 0.117. The largest absolute Gasteiger partial charge is 0.315 e. The minimum absolute atomic E-state index is 0.341. The molecule has 3 heteroatoms. The first-order valence-electron chi connectivity index (χ1n) is 5.20. The molecule has 0 aromatic rings. The van der Waals surface area contributed by atoms with Crippen LogP contribution in [0.15, 0.2) is 0 Å². The summed E-state index contributed by atoms with van der Waals surface area (Å²) in [5.74, 6) is 1.23. The lowest BCUT2D eigenvalue weighted by Crippen LogP contribution is -2.49. The van der Waals surface area contributed by atoms with Crippen molar-refractivity contribution in [3.05, 3.63) is 0 Å². The second-order valence-corrected chi connectivity index (χ2v) is 4.34. The average molecular weight is 182 g/mol. The first-order valence-corrected chi connectivity index (χ1v) is 5.20. The van der Waals surface area contributed by atoms with Crippen LogP contribution in [-0.4, -0.2) is 43.9 Å². The van der Waals surface area contributed by atoms with Crippen molar-refractivity contribution in [1.82, 2.24) is 10.2 Å². The zero-order valence-corrected chi connectivity index (χ0v) is 8.25. The summed E-state index contributed by atoms with van der Waals surface area (Å²) in [5.41, 5.74) is 0. The Kier molecular flexibility index (Phi) is 2.65. The van der Waals surface area contributed by atoms with Gasteiger partial charge >= 0.3 is 0 Å². The Bertz CT molecular complexity index is 193. The normalized spacial score (nSPS) is 27.2. The average Bonchev–Trinajstić information content (AvgIpc) is 2.02. The molecule has 74 valence electrons. The maximum atomic E-state index is 11.8. The van der Waals surface area contributed by atoms with Crippen molar-refractivity contribution in [2.75, 3.05) is 33.2 Å². The highest BCUT2D eigenvalue weighted by molar-refractivity contribution is 5.84. The number of likely N-dealkylation sites (tertiary alicyclic amines) is 1. The number of rotatable bonds is 2. The van der Waals surface area contributed by atoms with Gasteiger partial charge in [-0.25, -0.2) is 0 Å². The summed E-state index contributed by atoms with van der Waals surface area (Å²) in [6, 6.07) is 0. The van der Waals surface area contributed by atoms with Crippen molar-refractivity contribution < 1.29 is 4.79 Å². The van der Waals surface area contributed by atoms with Crippen molar-refractivity contribution in [3.8, 4) is 0 Å². The van der Waals surface area contributed by atoms with Crippen LogP contribution < -0.4 is 5.32 Å². The van der Waals surface area contributed by atoms with Crippen molar-refractivity contribution in [2.24, 2.45) is 11.8 Å². The molecule has 0 amide bonds. The van der Waals surface area contributed by atoms with E-state index in [-0.39, 0.29) is 0 Å². The van der Waals surface area contributed by atoms with Gasteiger partial charge in [-0.05, 0) is 33.0 Å². The molecule has 0 aliphatic carbocycles. The molecule has 0 aromatic heterocycles. The lowest BCUT2D eigenvalue weighted by atomic mass is 9.83. The van der Waals surface area contributed by atoms with Crippen LogP contribution in [-0.2, 0) is 4.79 Å². The fourth-order valence-corrected chi connectivity index (χ4v) is 2.12. The molecule has 3 nitrogen and oxygen atoms in total. The molecule has 0 radical (unpaired) electrons. The molecule has 0 unspecified atom stereocenters. The molecule has 2 heterocycles. The number of Topliss-reactive ketones (excluding diaryl/α,β-unsaturated/α-hetero) is 1. The van der Waals surface area contributed by atoms with Gasteiger partial charge in [-0.1, -0.05) is 0 Å². The lowest BCUT2D eigenvalue weighted by molar-refractivity contribution is -0.129. The van der Waals surface area contributed by atoms with Crippen molar-refractivity contribution in [3.63, 3.8) is 0 Å². The fraction of sp³-hybridized carbons (Fsp3) is 0.900. The Morgan fingerprint density at radius 1 is 1.23 bits per heavy atom. The van der Waals surface area contributed by atoms with E-state index in [0.29, 0.717) is 17.6 Å². The Morgan fingerprint density at radius 2 is 1.85 bits per heavy atom. The van der Waals surface area contributed by atoms with Crippen LogP contribution in [0.5, 0.6) is 0 Å². The van der Waals surface area contributed by atoms with Crippen LogP contribution in [0.25, 0.3) is 0 Å². The van der Waals surface area contributed by atoms with Gasteiger partial charge in [-0.3, -0.25) is 4.79 Å². The van der Waals surface area contributed by atoms with Gasteiger partial charge in [0.25, 0.3) is 0 Å². The van der Waals surface area contributed by atoms with Crippen LogP contribution in [0.1, 0.15) is 12.8 Å².